The predicted molar refractivity (Wildman–Crippen MR) is 69.5 cm³/mol. The zero-order valence-electron chi connectivity index (χ0n) is 10.3. The monoisotopic (exact) mass is 259 g/mol. The van der Waals surface area contributed by atoms with Crippen LogP contribution in [0.2, 0.25) is 0 Å². The fourth-order valence-corrected chi connectivity index (χ4v) is 2.81. The van der Waals surface area contributed by atoms with Gasteiger partial charge in [-0.3, -0.25) is 0 Å². The number of rotatable bonds is 2. The maximum atomic E-state index is 11.3. The molecule has 0 spiro atoms. The SMILES string of the molecule is C[C@H]1c2[nH]c3ccccc3c2C[C@@H](C(=O)O)N1N=O. The summed E-state index contributed by atoms with van der Waals surface area (Å²) in [5.74, 6) is -1.03. The summed E-state index contributed by atoms with van der Waals surface area (Å²) in [5.41, 5.74) is 2.80. The van der Waals surface area contributed by atoms with E-state index >= 15 is 0 Å². The number of aromatic amines is 1. The summed E-state index contributed by atoms with van der Waals surface area (Å²) in [6, 6.07) is 6.46. The van der Waals surface area contributed by atoms with E-state index in [1.807, 2.05) is 24.3 Å². The van der Waals surface area contributed by atoms with E-state index in [4.69, 9.17) is 0 Å². The Bertz CT molecular complexity index is 664. The van der Waals surface area contributed by atoms with Crippen LogP contribution in [0.5, 0.6) is 0 Å². The third-order valence-electron chi connectivity index (χ3n) is 3.76. The molecular formula is C13H13N3O3. The lowest BCUT2D eigenvalue weighted by molar-refractivity contribution is -0.144. The molecule has 0 bridgehead atoms. The molecule has 2 heterocycles. The van der Waals surface area contributed by atoms with Gasteiger partial charge in [0, 0.05) is 23.0 Å². The number of aliphatic carboxylic acids is 1. The first-order chi connectivity index (χ1) is 9.13. The molecule has 98 valence electrons. The standard InChI is InChI=1S/C13H13N3O3/c1-7-12-9(6-11(13(17)18)16(7)15-19)8-4-2-3-5-10(8)14-12/h2-5,7,11,14H,6H2,1H3,(H,17,18)/t7-,11-/m0/s1. The number of carbonyl (C=O) groups is 1. The Balaban J connectivity index is 2.20. The maximum Gasteiger partial charge on any atom is 0.328 e. The average Bonchev–Trinajstić information content (AvgIpc) is 2.77. The van der Waals surface area contributed by atoms with Crippen molar-refractivity contribution in [3.8, 4) is 0 Å². The molecule has 0 unspecified atom stereocenters. The van der Waals surface area contributed by atoms with Crippen LogP contribution in [0.15, 0.2) is 29.6 Å². The topological polar surface area (TPSA) is 85.8 Å². The molecule has 0 saturated heterocycles. The van der Waals surface area contributed by atoms with Crippen molar-refractivity contribution in [2.24, 2.45) is 5.29 Å². The summed E-state index contributed by atoms with van der Waals surface area (Å²) in [4.78, 5) is 25.5. The third-order valence-corrected chi connectivity index (χ3v) is 3.76. The summed E-state index contributed by atoms with van der Waals surface area (Å²) in [6.45, 7) is 1.78. The van der Waals surface area contributed by atoms with Gasteiger partial charge in [-0.05, 0) is 18.6 Å². The Hall–Kier alpha value is -2.37. The van der Waals surface area contributed by atoms with Gasteiger partial charge in [0.2, 0.25) is 0 Å². The minimum atomic E-state index is -1.03. The Labute approximate surface area is 109 Å². The smallest absolute Gasteiger partial charge is 0.328 e. The molecular weight excluding hydrogens is 246 g/mol. The number of hydrogen-bond acceptors (Lipinski definition) is 3. The lowest BCUT2D eigenvalue weighted by Crippen LogP contribution is -2.44. The van der Waals surface area contributed by atoms with Crippen molar-refractivity contribution in [2.45, 2.75) is 25.4 Å². The number of aromatic nitrogens is 1. The first kappa shape index (κ1) is 11.7. The van der Waals surface area contributed by atoms with Crippen LogP contribution in [0.4, 0.5) is 0 Å². The molecule has 0 aliphatic carbocycles. The van der Waals surface area contributed by atoms with Crippen molar-refractivity contribution in [2.75, 3.05) is 0 Å². The van der Waals surface area contributed by atoms with E-state index < -0.39 is 12.0 Å². The second-order valence-corrected chi connectivity index (χ2v) is 4.76. The molecule has 0 radical (unpaired) electrons. The highest BCUT2D eigenvalue weighted by Crippen LogP contribution is 2.36. The van der Waals surface area contributed by atoms with Gasteiger partial charge in [0.1, 0.15) is 0 Å². The molecule has 2 atom stereocenters. The largest absolute Gasteiger partial charge is 0.480 e. The number of para-hydroxylation sites is 1. The number of carboxylic acids is 1. The van der Waals surface area contributed by atoms with Crippen molar-refractivity contribution >= 4 is 16.9 Å². The molecule has 0 fully saturated rings. The number of H-pyrrole nitrogens is 1. The van der Waals surface area contributed by atoms with Gasteiger partial charge < -0.3 is 10.1 Å². The van der Waals surface area contributed by atoms with E-state index in [1.54, 1.807) is 6.92 Å². The first-order valence-electron chi connectivity index (χ1n) is 6.07. The minimum absolute atomic E-state index is 0.282. The fraction of sp³-hybridized carbons (Fsp3) is 0.308. The number of nitrogens with zero attached hydrogens (tertiary/aromatic N) is 2. The van der Waals surface area contributed by atoms with Crippen LogP contribution < -0.4 is 0 Å². The summed E-state index contributed by atoms with van der Waals surface area (Å²) >= 11 is 0. The lowest BCUT2D eigenvalue weighted by Gasteiger charge is -2.33. The van der Waals surface area contributed by atoms with Gasteiger partial charge in [-0.2, -0.15) is 0 Å². The summed E-state index contributed by atoms with van der Waals surface area (Å²) in [5, 5.41) is 14.3. The zero-order chi connectivity index (χ0) is 13.6. The number of fused-ring (bicyclic) bond motifs is 3. The predicted octanol–water partition coefficient (Wildman–Crippen LogP) is 2.22. The van der Waals surface area contributed by atoms with Crippen molar-refractivity contribution in [3.05, 3.63) is 40.4 Å². The molecule has 1 aromatic carbocycles. The Morgan fingerprint density at radius 1 is 1.47 bits per heavy atom. The van der Waals surface area contributed by atoms with Gasteiger partial charge in [0.15, 0.2) is 6.04 Å². The minimum Gasteiger partial charge on any atom is -0.480 e. The van der Waals surface area contributed by atoms with Crippen molar-refractivity contribution in [3.63, 3.8) is 0 Å². The second-order valence-electron chi connectivity index (χ2n) is 4.76. The first-order valence-corrected chi connectivity index (χ1v) is 6.07. The molecule has 2 aromatic rings. The molecule has 1 aliphatic rings. The van der Waals surface area contributed by atoms with Gasteiger partial charge >= 0.3 is 5.97 Å². The Morgan fingerprint density at radius 2 is 2.21 bits per heavy atom. The summed E-state index contributed by atoms with van der Waals surface area (Å²) < 4.78 is 0. The van der Waals surface area contributed by atoms with Crippen LogP contribution in [-0.2, 0) is 11.2 Å². The molecule has 19 heavy (non-hydrogen) atoms. The molecule has 0 amide bonds. The van der Waals surface area contributed by atoms with Gasteiger partial charge in [0.25, 0.3) is 0 Å². The van der Waals surface area contributed by atoms with Crippen molar-refractivity contribution in [1.82, 2.24) is 9.99 Å². The van der Waals surface area contributed by atoms with Crippen LogP contribution >= 0.6 is 0 Å². The molecule has 0 saturated carbocycles. The summed E-state index contributed by atoms with van der Waals surface area (Å²) in [6.07, 6.45) is 0.282. The highest BCUT2D eigenvalue weighted by Gasteiger charge is 2.38. The van der Waals surface area contributed by atoms with Crippen LogP contribution in [-0.4, -0.2) is 27.1 Å². The second kappa shape index (κ2) is 4.08. The van der Waals surface area contributed by atoms with Crippen LogP contribution in [0.1, 0.15) is 24.2 Å². The molecule has 1 aliphatic heterocycles. The van der Waals surface area contributed by atoms with E-state index in [9.17, 15) is 14.8 Å². The van der Waals surface area contributed by atoms with Gasteiger partial charge in [-0.15, -0.1) is 4.91 Å². The van der Waals surface area contributed by atoms with E-state index in [1.165, 1.54) is 0 Å². The molecule has 6 heteroatoms. The van der Waals surface area contributed by atoms with Gasteiger partial charge in [-0.25, -0.2) is 9.80 Å². The van der Waals surface area contributed by atoms with Crippen molar-refractivity contribution < 1.29 is 9.90 Å². The molecule has 2 N–H and O–H groups in total. The average molecular weight is 259 g/mol. The Kier molecular flexibility index (Phi) is 2.51. The number of benzene rings is 1. The summed E-state index contributed by atoms with van der Waals surface area (Å²) in [7, 11) is 0. The van der Waals surface area contributed by atoms with Crippen LogP contribution in [0.25, 0.3) is 10.9 Å². The van der Waals surface area contributed by atoms with Crippen LogP contribution in [0, 0.1) is 4.91 Å². The Morgan fingerprint density at radius 3 is 2.89 bits per heavy atom. The number of nitrogens with one attached hydrogen (secondary N) is 1. The normalized spacial score (nSPS) is 22.3. The van der Waals surface area contributed by atoms with E-state index in [0.29, 0.717) is 0 Å². The van der Waals surface area contributed by atoms with Crippen LogP contribution in [0.3, 0.4) is 0 Å². The third kappa shape index (κ3) is 1.60. The number of nitroso groups, excluding NO2 is 1. The molecule has 3 rings (SSSR count). The van der Waals surface area contributed by atoms with Gasteiger partial charge in [0.05, 0.1) is 11.3 Å². The quantitative estimate of drug-likeness (QED) is 0.810. The number of carboxylic acid groups (broad SMARTS) is 1. The van der Waals surface area contributed by atoms with E-state index in [0.717, 1.165) is 27.2 Å². The van der Waals surface area contributed by atoms with Gasteiger partial charge in [-0.1, -0.05) is 18.2 Å². The highest BCUT2D eigenvalue weighted by atomic mass is 16.4. The molecule has 6 nitrogen and oxygen atoms in total. The lowest BCUT2D eigenvalue weighted by atomic mass is 9.94. The number of hydrogen-bond donors (Lipinski definition) is 2. The maximum absolute atomic E-state index is 11.3. The highest BCUT2D eigenvalue weighted by molar-refractivity contribution is 5.86. The van der Waals surface area contributed by atoms with Crippen molar-refractivity contribution in [1.29, 1.82) is 0 Å². The van der Waals surface area contributed by atoms with E-state index in [-0.39, 0.29) is 12.5 Å². The molecule has 1 aromatic heterocycles. The van der Waals surface area contributed by atoms with E-state index in [2.05, 4.69) is 10.3 Å². The zero-order valence-corrected chi connectivity index (χ0v) is 10.3. The fourth-order valence-electron chi connectivity index (χ4n) is 2.81.